The van der Waals surface area contributed by atoms with E-state index in [9.17, 15) is 4.79 Å². The number of anilines is 1. The first-order valence-corrected chi connectivity index (χ1v) is 10.5. The van der Waals surface area contributed by atoms with Crippen molar-refractivity contribution in [1.82, 2.24) is 14.5 Å². The smallest absolute Gasteiger partial charge is 0.257 e. The number of H-pyrrole nitrogens is 1. The molecule has 2 aromatic heterocycles. The minimum absolute atomic E-state index is 0.124. The van der Waals surface area contributed by atoms with Crippen molar-refractivity contribution in [3.63, 3.8) is 0 Å². The van der Waals surface area contributed by atoms with Crippen LogP contribution in [0.15, 0.2) is 48.5 Å². The van der Waals surface area contributed by atoms with Gasteiger partial charge in [0.1, 0.15) is 11.6 Å². The maximum Gasteiger partial charge on any atom is 0.257 e. The molecule has 31 heavy (non-hydrogen) atoms. The van der Waals surface area contributed by atoms with E-state index in [4.69, 9.17) is 9.72 Å². The van der Waals surface area contributed by atoms with Gasteiger partial charge in [-0.25, -0.2) is 4.98 Å². The molecule has 160 valence electrons. The molecular weight excluding hydrogens is 388 g/mol. The van der Waals surface area contributed by atoms with Gasteiger partial charge in [-0.3, -0.25) is 4.79 Å². The maximum atomic E-state index is 13.2. The summed E-state index contributed by atoms with van der Waals surface area (Å²) < 4.78 is 7.41. The Morgan fingerprint density at radius 3 is 2.58 bits per heavy atom. The van der Waals surface area contributed by atoms with Crippen LogP contribution in [0.25, 0.3) is 22.4 Å². The number of benzene rings is 2. The van der Waals surface area contributed by atoms with Crippen LogP contribution in [0.4, 0.5) is 5.82 Å². The first-order chi connectivity index (χ1) is 15.0. The van der Waals surface area contributed by atoms with Crippen LogP contribution in [0.2, 0.25) is 0 Å². The van der Waals surface area contributed by atoms with E-state index in [1.165, 1.54) is 0 Å². The summed E-state index contributed by atoms with van der Waals surface area (Å²) in [7, 11) is 1.70. The van der Waals surface area contributed by atoms with E-state index in [1.54, 1.807) is 7.11 Å². The monoisotopic (exact) mass is 416 g/mol. The number of imidazole rings is 1. The number of rotatable bonds is 7. The zero-order valence-corrected chi connectivity index (χ0v) is 18.5. The molecule has 0 fully saturated rings. The summed E-state index contributed by atoms with van der Waals surface area (Å²) in [5.41, 5.74) is 6.60. The summed E-state index contributed by atoms with van der Waals surface area (Å²) in [6, 6.07) is 15.6. The number of fused-ring (bicyclic) bond motifs is 1. The zero-order chi connectivity index (χ0) is 22.0. The molecular formula is C25H28N4O2. The van der Waals surface area contributed by atoms with Crippen LogP contribution in [0.5, 0.6) is 0 Å². The van der Waals surface area contributed by atoms with Crippen LogP contribution in [0.1, 0.15) is 33.6 Å². The highest BCUT2D eigenvalue weighted by molar-refractivity contribution is 6.07. The molecule has 0 aliphatic heterocycles. The number of hydrogen-bond acceptors (Lipinski definition) is 3. The number of nitrogens with one attached hydrogen (secondary N) is 2. The van der Waals surface area contributed by atoms with Crippen LogP contribution in [-0.4, -0.2) is 34.2 Å². The van der Waals surface area contributed by atoms with Gasteiger partial charge in [-0.1, -0.05) is 30.3 Å². The lowest BCUT2D eigenvalue weighted by Gasteiger charge is -2.14. The van der Waals surface area contributed by atoms with Gasteiger partial charge >= 0.3 is 0 Å². The minimum atomic E-state index is -0.124. The van der Waals surface area contributed by atoms with Crippen LogP contribution < -0.4 is 5.32 Å². The van der Waals surface area contributed by atoms with Crippen molar-refractivity contribution >= 4 is 22.8 Å². The van der Waals surface area contributed by atoms with E-state index in [0.717, 1.165) is 58.0 Å². The molecule has 0 spiro atoms. The van der Waals surface area contributed by atoms with Crippen molar-refractivity contribution in [2.75, 3.05) is 19.0 Å². The summed E-state index contributed by atoms with van der Waals surface area (Å²) in [5.74, 6) is 1.40. The first kappa shape index (κ1) is 20.9. The van der Waals surface area contributed by atoms with Gasteiger partial charge in [-0.2, -0.15) is 0 Å². The van der Waals surface area contributed by atoms with Crippen LogP contribution in [-0.2, 0) is 11.3 Å². The fourth-order valence-electron chi connectivity index (χ4n) is 4.00. The molecule has 0 radical (unpaired) electrons. The van der Waals surface area contributed by atoms with Gasteiger partial charge in [0.05, 0.1) is 16.6 Å². The molecule has 2 aromatic carbocycles. The summed E-state index contributed by atoms with van der Waals surface area (Å²) in [4.78, 5) is 21.4. The lowest BCUT2D eigenvalue weighted by molar-refractivity contribution is 0.102. The molecule has 0 atom stereocenters. The Morgan fingerprint density at radius 1 is 1.10 bits per heavy atom. The third kappa shape index (κ3) is 3.99. The van der Waals surface area contributed by atoms with E-state index < -0.39 is 0 Å². The van der Waals surface area contributed by atoms with Crippen molar-refractivity contribution in [3.8, 4) is 11.4 Å². The van der Waals surface area contributed by atoms with Gasteiger partial charge < -0.3 is 19.6 Å². The minimum Gasteiger partial charge on any atom is -0.385 e. The molecule has 4 rings (SSSR count). The highest BCUT2D eigenvalue weighted by Crippen LogP contribution is 2.36. The number of aromatic amines is 1. The Labute approximate surface area is 182 Å². The maximum absolute atomic E-state index is 13.2. The molecule has 2 heterocycles. The summed E-state index contributed by atoms with van der Waals surface area (Å²) in [6.07, 6.45) is 0.846. The average molecular weight is 417 g/mol. The Morgan fingerprint density at radius 2 is 1.84 bits per heavy atom. The molecule has 0 aliphatic rings. The zero-order valence-electron chi connectivity index (χ0n) is 18.5. The fourth-order valence-corrected chi connectivity index (χ4v) is 4.00. The molecule has 2 N–H and O–H groups in total. The second-order valence-electron chi connectivity index (χ2n) is 7.80. The van der Waals surface area contributed by atoms with E-state index in [2.05, 4.69) is 28.7 Å². The number of ether oxygens (including phenoxy) is 1. The summed E-state index contributed by atoms with van der Waals surface area (Å²) >= 11 is 0. The van der Waals surface area contributed by atoms with Crippen LogP contribution >= 0.6 is 0 Å². The van der Waals surface area contributed by atoms with E-state index in [0.29, 0.717) is 12.2 Å². The largest absolute Gasteiger partial charge is 0.385 e. The van der Waals surface area contributed by atoms with Crippen molar-refractivity contribution in [2.24, 2.45) is 0 Å². The number of nitrogens with zero attached hydrogens (tertiary/aromatic N) is 2. The van der Waals surface area contributed by atoms with Crippen molar-refractivity contribution in [2.45, 2.75) is 33.7 Å². The molecule has 1 amide bonds. The average Bonchev–Trinajstić information content (AvgIpc) is 3.28. The Balaban J connectivity index is 1.82. The van der Waals surface area contributed by atoms with Gasteiger partial charge in [0, 0.05) is 31.5 Å². The number of hydrogen-bond donors (Lipinski definition) is 2. The number of para-hydroxylation sites is 2. The Bertz CT molecular complexity index is 1200. The topological polar surface area (TPSA) is 71.9 Å². The number of carbonyl (C=O) groups is 1. The Hall–Kier alpha value is -3.38. The van der Waals surface area contributed by atoms with Crippen LogP contribution in [0, 0.1) is 20.8 Å². The van der Waals surface area contributed by atoms with Crippen LogP contribution in [0.3, 0.4) is 0 Å². The number of methoxy groups -OCH3 is 1. The predicted molar refractivity (Wildman–Crippen MR) is 125 cm³/mol. The number of aryl methyl sites for hydroxylation is 1. The molecule has 0 aliphatic carbocycles. The quantitative estimate of drug-likeness (QED) is 0.405. The third-order valence-electron chi connectivity index (χ3n) is 5.81. The highest BCUT2D eigenvalue weighted by Gasteiger charge is 2.23. The van der Waals surface area contributed by atoms with Gasteiger partial charge in [-0.15, -0.1) is 0 Å². The standard InChI is InChI=1S/C25H28N4O2/c1-16-10-5-6-11-19(16)25(30)28-24-22(17(2)18(3)29(24)14-9-15-31-4)23-26-20-12-7-8-13-21(20)27-23/h5-8,10-13H,9,14-15H2,1-4H3,(H,26,27)(H,28,30). The second kappa shape index (κ2) is 8.78. The molecule has 0 bridgehead atoms. The molecule has 6 heteroatoms. The van der Waals surface area contributed by atoms with E-state index in [1.807, 2.05) is 55.5 Å². The molecule has 0 unspecified atom stereocenters. The molecule has 0 saturated carbocycles. The number of amides is 1. The van der Waals surface area contributed by atoms with Gasteiger partial charge in [0.15, 0.2) is 0 Å². The highest BCUT2D eigenvalue weighted by atomic mass is 16.5. The molecule has 6 nitrogen and oxygen atoms in total. The normalized spacial score (nSPS) is 11.2. The van der Waals surface area contributed by atoms with Crippen molar-refractivity contribution in [3.05, 3.63) is 70.9 Å². The van der Waals surface area contributed by atoms with Crippen molar-refractivity contribution in [1.29, 1.82) is 0 Å². The van der Waals surface area contributed by atoms with Gasteiger partial charge in [0.25, 0.3) is 5.91 Å². The lowest BCUT2D eigenvalue weighted by atomic mass is 10.1. The van der Waals surface area contributed by atoms with Gasteiger partial charge in [0.2, 0.25) is 0 Å². The third-order valence-corrected chi connectivity index (χ3v) is 5.81. The molecule has 4 aromatic rings. The van der Waals surface area contributed by atoms with E-state index >= 15 is 0 Å². The fraction of sp³-hybridized carbons (Fsp3) is 0.280. The summed E-state index contributed by atoms with van der Waals surface area (Å²) in [5, 5.41) is 3.19. The number of carbonyl (C=O) groups excluding carboxylic acids is 1. The Kier molecular flexibility index (Phi) is 5.91. The summed E-state index contributed by atoms with van der Waals surface area (Å²) in [6.45, 7) is 7.50. The van der Waals surface area contributed by atoms with E-state index in [-0.39, 0.29) is 5.91 Å². The van der Waals surface area contributed by atoms with Gasteiger partial charge in [-0.05, 0) is 56.5 Å². The molecule has 0 saturated heterocycles. The second-order valence-corrected chi connectivity index (χ2v) is 7.80. The SMILES string of the molecule is COCCCn1c(C)c(C)c(-c2nc3ccccc3[nH]2)c1NC(=O)c1ccccc1C. The first-order valence-electron chi connectivity index (χ1n) is 10.5. The van der Waals surface area contributed by atoms with Crippen molar-refractivity contribution < 1.29 is 9.53 Å². The predicted octanol–water partition coefficient (Wildman–Crippen LogP) is 5.25. The lowest BCUT2D eigenvalue weighted by Crippen LogP contribution is -2.18. The number of aromatic nitrogens is 3.